The van der Waals surface area contributed by atoms with E-state index in [-0.39, 0.29) is 0 Å². The van der Waals surface area contributed by atoms with E-state index in [9.17, 15) is 0 Å². The lowest BCUT2D eigenvalue weighted by atomic mass is 10.1. The lowest BCUT2D eigenvalue weighted by Crippen LogP contribution is -2.19. The minimum absolute atomic E-state index is 0.648. The van der Waals surface area contributed by atoms with Gasteiger partial charge in [0.05, 0.1) is 18.7 Å². The van der Waals surface area contributed by atoms with Crippen molar-refractivity contribution in [2.24, 2.45) is 5.92 Å². The zero-order valence-corrected chi connectivity index (χ0v) is 12.8. The molecule has 1 aromatic carbocycles. The van der Waals surface area contributed by atoms with E-state index >= 15 is 0 Å². The molecule has 0 aliphatic rings. The molecule has 0 atom stereocenters. The molecule has 0 heterocycles. The third kappa shape index (κ3) is 6.81. The normalized spacial score (nSPS) is 11.0. The summed E-state index contributed by atoms with van der Waals surface area (Å²) in [5.41, 5.74) is 1.15. The van der Waals surface area contributed by atoms with Crippen LogP contribution in [0.1, 0.15) is 25.8 Å². The maximum absolute atomic E-state index is 6.06. The summed E-state index contributed by atoms with van der Waals surface area (Å²) < 4.78 is 10.7. The smallest absolute Gasteiger partial charge is 0.137 e. The van der Waals surface area contributed by atoms with Crippen LogP contribution < -0.4 is 10.1 Å². The molecule has 0 saturated heterocycles. The van der Waals surface area contributed by atoms with Gasteiger partial charge < -0.3 is 14.8 Å². The van der Waals surface area contributed by atoms with E-state index in [4.69, 9.17) is 21.1 Å². The SMILES string of the molecule is COc1ccc(CNCCOCCC(C)C)cc1Cl. The summed E-state index contributed by atoms with van der Waals surface area (Å²) >= 11 is 6.06. The molecule has 0 aliphatic heterocycles. The maximum Gasteiger partial charge on any atom is 0.137 e. The second-order valence-corrected chi connectivity index (χ2v) is 5.35. The van der Waals surface area contributed by atoms with Crippen LogP contribution in [0.3, 0.4) is 0 Å². The van der Waals surface area contributed by atoms with Gasteiger partial charge in [0, 0.05) is 19.7 Å². The highest BCUT2D eigenvalue weighted by Crippen LogP contribution is 2.24. The largest absolute Gasteiger partial charge is 0.495 e. The van der Waals surface area contributed by atoms with Crippen LogP contribution >= 0.6 is 11.6 Å². The van der Waals surface area contributed by atoms with Crippen LogP contribution in [-0.4, -0.2) is 26.9 Å². The van der Waals surface area contributed by atoms with E-state index in [1.165, 1.54) is 0 Å². The van der Waals surface area contributed by atoms with E-state index in [1.807, 2.05) is 18.2 Å². The number of ether oxygens (including phenoxy) is 2. The molecule has 1 rings (SSSR count). The number of hydrogen-bond donors (Lipinski definition) is 1. The van der Waals surface area contributed by atoms with Gasteiger partial charge in [-0.05, 0) is 30.0 Å². The second-order valence-electron chi connectivity index (χ2n) is 4.94. The van der Waals surface area contributed by atoms with Crippen molar-refractivity contribution in [3.63, 3.8) is 0 Å². The summed E-state index contributed by atoms with van der Waals surface area (Å²) in [7, 11) is 1.62. The fraction of sp³-hybridized carbons (Fsp3) is 0.600. The van der Waals surface area contributed by atoms with Crippen molar-refractivity contribution in [2.45, 2.75) is 26.8 Å². The van der Waals surface area contributed by atoms with Gasteiger partial charge in [0.2, 0.25) is 0 Å². The van der Waals surface area contributed by atoms with Crippen LogP contribution in [0.2, 0.25) is 5.02 Å². The van der Waals surface area contributed by atoms with Crippen LogP contribution in [0.5, 0.6) is 5.75 Å². The highest BCUT2D eigenvalue weighted by molar-refractivity contribution is 6.32. The maximum atomic E-state index is 6.06. The average molecular weight is 286 g/mol. The molecule has 0 spiro atoms. The Hall–Kier alpha value is -0.770. The first-order valence-electron chi connectivity index (χ1n) is 6.74. The van der Waals surface area contributed by atoms with E-state index < -0.39 is 0 Å². The van der Waals surface area contributed by atoms with Crippen molar-refractivity contribution in [2.75, 3.05) is 26.9 Å². The molecule has 0 amide bonds. The molecule has 108 valence electrons. The quantitative estimate of drug-likeness (QED) is 0.705. The fourth-order valence-electron chi connectivity index (χ4n) is 1.62. The molecule has 0 aromatic heterocycles. The van der Waals surface area contributed by atoms with Gasteiger partial charge >= 0.3 is 0 Å². The van der Waals surface area contributed by atoms with Crippen molar-refractivity contribution in [1.29, 1.82) is 0 Å². The van der Waals surface area contributed by atoms with Gasteiger partial charge in [-0.25, -0.2) is 0 Å². The van der Waals surface area contributed by atoms with Gasteiger partial charge in [0.1, 0.15) is 5.75 Å². The zero-order chi connectivity index (χ0) is 14.1. The highest BCUT2D eigenvalue weighted by Gasteiger charge is 2.01. The highest BCUT2D eigenvalue weighted by atomic mass is 35.5. The molecule has 19 heavy (non-hydrogen) atoms. The number of benzene rings is 1. The summed E-state index contributed by atoms with van der Waals surface area (Å²) in [5.74, 6) is 1.41. The molecule has 0 saturated carbocycles. The first kappa shape index (κ1) is 16.3. The summed E-state index contributed by atoms with van der Waals surface area (Å²) in [6.07, 6.45) is 1.12. The Morgan fingerprint density at radius 1 is 1.26 bits per heavy atom. The van der Waals surface area contributed by atoms with Crippen molar-refractivity contribution >= 4 is 11.6 Å². The van der Waals surface area contributed by atoms with Crippen LogP contribution in [0.15, 0.2) is 18.2 Å². The van der Waals surface area contributed by atoms with Gasteiger partial charge in [0.15, 0.2) is 0 Å². The van der Waals surface area contributed by atoms with Crippen molar-refractivity contribution < 1.29 is 9.47 Å². The van der Waals surface area contributed by atoms with Crippen LogP contribution in [-0.2, 0) is 11.3 Å². The fourth-order valence-corrected chi connectivity index (χ4v) is 1.90. The molecule has 0 radical (unpaired) electrons. The molecule has 0 bridgehead atoms. The molecule has 4 heteroatoms. The van der Waals surface area contributed by atoms with Gasteiger partial charge in [-0.3, -0.25) is 0 Å². The number of rotatable bonds is 9. The topological polar surface area (TPSA) is 30.5 Å². The predicted octanol–water partition coefficient (Wildman–Crippen LogP) is 3.50. The Balaban J connectivity index is 2.14. The third-order valence-electron chi connectivity index (χ3n) is 2.81. The summed E-state index contributed by atoms with van der Waals surface area (Å²) in [4.78, 5) is 0. The lowest BCUT2D eigenvalue weighted by Gasteiger charge is -2.09. The Morgan fingerprint density at radius 2 is 2.05 bits per heavy atom. The zero-order valence-electron chi connectivity index (χ0n) is 12.0. The first-order valence-corrected chi connectivity index (χ1v) is 7.12. The number of halogens is 1. The average Bonchev–Trinajstić information content (AvgIpc) is 2.37. The molecule has 0 aliphatic carbocycles. The van der Waals surface area contributed by atoms with E-state index in [0.717, 1.165) is 38.3 Å². The van der Waals surface area contributed by atoms with Crippen LogP contribution in [0.25, 0.3) is 0 Å². The standard InChI is InChI=1S/C15H24ClNO2/c1-12(2)6-8-19-9-7-17-11-13-4-5-15(18-3)14(16)10-13/h4-5,10,12,17H,6-9,11H2,1-3H3. The Labute approximate surface area is 121 Å². The summed E-state index contributed by atoms with van der Waals surface area (Å²) in [6.45, 7) is 7.63. The van der Waals surface area contributed by atoms with Gasteiger partial charge in [-0.2, -0.15) is 0 Å². The number of hydrogen-bond acceptors (Lipinski definition) is 3. The molecule has 1 N–H and O–H groups in total. The van der Waals surface area contributed by atoms with Gasteiger partial charge in [0.25, 0.3) is 0 Å². The molecule has 0 unspecified atom stereocenters. The van der Waals surface area contributed by atoms with E-state index in [1.54, 1.807) is 7.11 Å². The molecular formula is C15H24ClNO2. The van der Waals surface area contributed by atoms with Crippen molar-refractivity contribution in [1.82, 2.24) is 5.32 Å². The molecule has 1 aromatic rings. The second kappa shape index (κ2) is 9.18. The number of nitrogens with one attached hydrogen (secondary N) is 1. The van der Waals surface area contributed by atoms with E-state index in [2.05, 4.69) is 19.2 Å². The van der Waals surface area contributed by atoms with Crippen molar-refractivity contribution in [3.8, 4) is 5.75 Å². The van der Waals surface area contributed by atoms with Crippen molar-refractivity contribution in [3.05, 3.63) is 28.8 Å². The summed E-state index contributed by atoms with van der Waals surface area (Å²) in [6, 6.07) is 5.82. The monoisotopic (exact) mass is 285 g/mol. The molecular weight excluding hydrogens is 262 g/mol. The van der Waals surface area contributed by atoms with E-state index in [0.29, 0.717) is 16.7 Å². The Kier molecular flexibility index (Phi) is 7.87. The van der Waals surface area contributed by atoms with Gasteiger partial charge in [-0.15, -0.1) is 0 Å². The Bertz CT molecular complexity index is 369. The Morgan fingerprint density at radius 3 is 2.68 bits per heavy atom. The van der Waals surface area contributed by atoms with Crippen LogP contribution in [0.4, 0.5) is 0 Å². The summed E-state index contributed by atoms with van der Waals surface area (Å²) in [5, 5.41) is 3.98. The van der Waals surface area contributed by atoms with Crippen LogP contribution in [0, 0.1) is 5.92 Å². The minimum atomic E-state index is 0.648. The predicted molar refractivity (Wildman–Crippen MR) is 80.0 cm³/mol. The minimum Gasteiger partial charge on any atom is -0.495 e. The molecule has 0 fully saturated rings. The number of methoxy groups -OCH3 is 1. The molecule has 3 nitrogen and oxygen atoms in total. The third-order valence-corrected chi connectivity index (χ3v) is 3.10. The first-order chi connectivity index (χ1) is 9.13. The lowest BCUT2D eigenvalue weighted by molar-refractivity contribution is 0.125. The van der Waals surface area contributed by atoms with Gasteiger partial charge in [-0.1, -0.05) is 31.5 Å².